The van der Waals surface area contributed by atoms with Crippen LogP contribution in [0.3, 0.4) is 0 Å². The lowest BCUT2D eigenvalue weighted by Crippen LogP contribution is -2.49. The number of methoxy groups -OCH3 is 2. The lowest BCUT2D eigenvalue weighted by atomic mass is 10.1. The highest BCUT2D eigenvalue weighted by Gasteiger charge is 2.26. The maximum atomic E-state index is 13.1. The summed E-state index contributed by atoms with van der Waals surface area (Å²) < 4.78 is 16.2. The zero-order valence-corrected chi connectivity index (χ0v) is 19.8. The van der Waals surface area contributed by atoms with Crippen LogP contribution in [0.1, 0.15) is 32.3 Å². The molecule has 0 aliphatic heterocycles. The normalized spacial score (nSPS) is 11.4. The number of amides is 2. The quantitative estimate of drug-likeness (QED) is 0.481. The lowest BCUT2D eigenvalue weighted by Gasteiger charge is -2.28. The minimum atomic E-state index is -0.668. The van der Waals surface area contributed by atoms with Gasteiger partial charge in [-0.2, -0.15) is 0 Å². The summed E-state index contributed by atoms with van der Waals surface area (Å²) in [7, 11) is 3.08. The van der Waals surface area contributed by atoms with E-state index in [1.807, 2.05) is 12.1 Å². The maximum absolute atomic E-state index is 13.1. The molecule has 1 atom stereocenters. The van der Waals surface area contributed by atoms with Crippen molar-refractivity contribution >= 4 is 23.4 Å². The van der Waals surface area contributed by atoms with Gasteiger partial charge in [-0.25, -0.2) is 0 Å². The fraction of sp³-hybridized carbons (Fsp3) is 0.417. The Morgan fingerprint density at radius 1 is 1.03 bits per heavy atom. The molecule has 0 unspecified atom stereocenters. The van der Waals surface area contributed by atoms with Crippen molar-refractivity contribution in [2.24, 2.45) is 0 Å². The second-order valence-corrected chi connectivity index (χ2v) is 7.74. The van der Waals surface area contributed by atoms with Crippen LogP contribution in [0, 0.1) is 0 Å². The molecule has 1 N–H and O–H groups in total. The van der Waals surface area contributed by atoms with Gasteiger partial charge in [0.1, 0.15) is 23.3 Å². The summed E-state index contributed by atoms with van der Waals surface area (Å²) in [6.07, 6.45) is 1.85. The molecular formula is C24H31ClN2O5. The van der Waals surface area contributed by atoms with E-state index in [1.54, 1.807) is 37.3 Å². The summed E-state index contributed by atoms with van der Waals surface area (Å²) in [6, 6.07) is 11.6. The summed E-state index contributed by atoms with van der Waals surface area (Å²) in [5.74, 6) is 1.01. The van der Waals surface area contributed by atoms with E-state index in [0.29, 0.717) is 28.8 Å². The molecule has 7 nitrogen and oxygen atoms in total. The number of unbranched alkanes of at least 4 members (excludes halogenated alkanes) is 1. The average Bonchev–Trinajstić information content (AvgIpc) is 2.81. The molecule has 2 amide bonds. The van der Waals surface area contributed by atoms with Gasteiger partial charge in [0.15, 0.2) is 6.61 Å². The largest absolute Gasteiger partial charge is 0.496 e. The van der Waals surface area contributed by atoms with E-state index in [1.165, 1.54) is 19.1 Å². The van der Waals surface area contributed by atoms with Crippen LogP contribution < -0.4 is 19.5 Å². The topological polar surface area (TPSA) is 77.1 Å². The average molecular weight is 463 g/mol. The lowest BCUT2D eigenvalue weighted by molar-refractivity contribution is -0.142. The first-order valence-electron chi connectivity index (χ1n) is 10.6. The molecule has 174 valence electrons. The molecule has 0 spiro atoms. The number of hydrogen-bond donors (Lipinski definition) is 1. The van der Waals surface area contributed by atoms with Crippen LogP contribution in [0.15, 0.2) is 42.5 Å². The van der Waals surface area contributed by atoms with Crippen molar-refractivity contribution in [1.82, 2.24) is 10.2 Å². The molecule has 0 saturated heterocycles. The second-order valence-electron chi connectivity index (χ2n) is 7.31. The van der Waals surface area contributed by atoms with E-state index in [9.17, 15) is 9.59 Å². The van der Waals surface area contributed by atoms with Crippen molar-refractivity contribution in [2.45, 2.75) is 39.3 Å². The van der Waals surface area contributed by atoms with Gasteiger partial charge in [0.05, 0.1) is 14.2 Å². The van der Waals surface area contributed by atoms with E-state index in [-0.39, 0.29) is 25.0 Å². The molecule has 0 saturated carbocycles. The summed E-state index contributed by atoms with van der Waals surface area (Å²) in [5, 5.41) is 3.49. The standard InChI is InChI=1S/C24H31ClN2O5/c1-5-6-11-26-24(29)17(2)27(15-18-7-9-19(25)10-8-18)23(28)16-32-22-13-20(30-3)12-21(14-22)31-4/h7-10,12-14,17H,5-6,11,15-16H2,1-4H3,(H,26,29)/t17-/m0/s1. The molecule has 0 aliphatic rings. The van der Waals surface area contributed by atoms with Crippen LogP contribution in [0.4, 0.5) is 0 Å². The van der Waals surface area contributed by atoms with Crippen molar-refractivity contribution in [3.63, 3.8) is 0 Å². The summed E-state index contributed by atoms with van der Waals surface area (Å²) in [6.45, 7) is 4.35. The van der Waals surface area contributed by atoms with Gasteiger partial charge in [-0.1, -0.05) is 37.1 Å². The molecular weight excluding hydrogens is 432 g/mol. The van der Waals surface area contributed by atoms with Crippen LogP contribution in [0.25, 0.3) is 0 Å². The fourth-order valence-electron chi connectivity index (χ4n) is 3.00. The van der Waals surface area contributed by atoms with Crippen LogP contribution in [0.2, 0.25) is 5.02 Å². The first kappa shape index (κ1) is 25.3. The SMILES string of the molecule is CCCCNC(=O)[C@H](C)N(Cc1ccc(Cl)cc1)C(=O)COc1cc(OC)cc(OC)c1. The molecule has 0 radical (unpaired) electrons. The summed E-state index contributed by atoms with van der Waals surface area (Å²) in [5.41, 5.74) is 0.860. The highest BCUT2D eigenvalue weighted by molar-refractivity contribution is 6.30. The highest BCUT2D eigenvalue weighted by atomic mass is 35.5. The third-order valence-corrected chi connectivity index (χ3v) is 5.20. The molecule has 0 bridgehead atoms. The Hall–Kier alpha value is -2.93. The van der Waals surface area contributed by atoms with Gasteiger partial charge in [-0.15, -0.1) is 0 Å². The molecule has 2 aromatic rings. The van der Waals surface area contributed by atoms with Crippen LogP contribution >= 0.6 is 11.6 Å². The Bertz CT molecular complexity index is 866. The Morgan fingerprint density at radius 3 is 2.19 bits per heavy atom. The van der Waals surface area contributed by atoms with E-state index >= 15 is 0 Å². The molecule has 8 heteroatoms. The first-order valence-corrected chi connectivity index (χ1v) is 10.9. The van der Waals surface area contributed by atoms with E-state index in [4.69, 9.17) is 25.8 Å². The molecule has 0 fully saturated rings. The van der Waals surface area contributed by atoms with Crippen LogP contribution in [-0.2, 0) is 16.1 Å². The Kier molecular flexibility index (Phi) is 10.1. The van der Waals surface area contributed by atoms with Gasteiger partial charge in [0, 0.05) is 36.3 Å². The molecule has 2 aromatic carbocycles. The maximum Gasteiger partial charge on any atom is 0.261 e. The molecule has 0 heterocycles. The van der Waals surface area contributed by atoms with E-state index < -0.39 is 6.04 Å². The second kappa shape index (κ2) is 12.8. The number of rotatable bonds is 12. The minimum absolute atomic E-state index is 0.205. The number of carbonyl (C=O) groups excluding carboxylic acids is 2. The van der Waals surface area contributed by atoms with Crippen molar-refractivity contribution in [1.29, 1.82) is 0 Å². The van der Waals surface area contributed by atoms with E-state index in [2.05, 4.69) is 12.2 Å². The number of benzene rings is 2. The van der Waals surface area contributed by atoms with Gasteiger partial charge in [0.2, 0.25) is 5.91 Å². The first-order chi connectivity index (χ1) is 15.4. The molecule has 0 aliphatic carbocycles. The summed E-state index contributed by atoms with van der Waals surface area (Å²) in [4.78, 5) is 27.3. The Labute approximate surface area is 194 Å². The van der Waals surface area contributed by atoms with Gasteiger partial charge in [0.25, 0.3) is 5.91 Å². The predicted molar refractivity (Wildman–Crippen MR) is 124 cm³/mol. The predicted octanol–water partition coefficient (Wildman–Crippen LogP) is 4.07. The zero-order chi connectivity index (χ0) is 23.5. The number of hydrogen-bond acceptors (Lipinski definition) is 5. The third-order valence-electron chi connectivity index (χ3n) is 4.95. The van der Waals surface area contributed by atoms with Crippen LogP contribution in [0.5, 0.6) is 17.2 Å². The number of halogens is 1. The van der Waals surface area contributed by atoms with Crippen molar-refractivity contribution in [3.05, 3.63) is 53.1 Å². The van der Waals surface area contributed by atoms with E-state index in [0.717, 1.165) is 18.4 Å². The Balaban J connectivity index is 2.15. The zero-order valence-electron chi connectivity index (χ0n) is 19.0. The monoisotopic (exact) mass is 462 g/mol. The Morgan fingerprint density at radius 2 is 1.62 bits per heavy atom. The van der Waals surface area contributed by atoms with Crippen molar-refractivity contribution in [2.75, 3.05) is 27.4 Å². The van der Waals surface area contributed by atoms with Gasteiger partial charge >= 0.3 is 0 Å². The fourth-order valence-corrected chi connectivity index (χ4v) is 3.12. The van der Waals surface area contributed by atoms with Crippen molar-refractivity contribution in [3.8, 4) is 17.2 Å². The summed E-state index contributed by atoms with van der Waals surface area (Å²) >= 11 is 5.98. The molecule has 0 aromatic heterocycles. The van der Waals surface area contributed by atoms with Gasteiger partial charge in [-0.05, 0) is 31.0 Å². The number of nitrogens with one attached hydrogen (secondary N) is 1. The van der Waals surface area contributed by atoms with Gasteiger partial charge < -0.3 is 24.4 Å². The molecule has 2 rings (SSSR count). The van der Waals surface area contributed by atoms with Crippen LogP contribution in [-0.4, -0.2) is 50.1 Å². The third kappa shape index (κ3) is 7.64. The van der Waals surface area contributed by atoms with Gasteiger partial charge in [-0.3, -0.25) is 9.59 Å². The number of carbonyl (C=O) groups is 2. The minimum Gasteiger partial charge on any atom is -0.496 e. The molecule has 32 heavy (non-hydrogen) atoms. The van der Waals surface area contributed by atoms with Crippen molar-refractivity contribution < 1.29 is 23.8 Å². The number of ether oxygens (including phenoxy) is 3. The highest BCUT2D eigenvalue weighted by Crippen LogP contribution is 2.27. The number of nitrogens with zero attached hydrogens (tertiary/aromatic N) is 1. The smallest absolute Gasteiger partial charge is 0.261 e.